The summed E-state index contributed by atoms with van der Waals surface area (Å²) < 4.78 is 8.61. The number of aromatic nitrogens is 1. The molecule has 0 atom stereocenters. The van der Waals surface area contributed by atoms with E-state index in [1.165, 1.54) is 5.56 Å². The number of carbonyl (C=O) groups excluding carboxylic acids is 1. The zero-order valence-corrected chi connectivity index (χ0v) is 24.5. The molecule has 5 rings (SSSR count). The topological polar surface area (TPSA) is 80.6 Å². The Balaban J connectivity index is 1.44. The van der Waals surface area contributed by atoms with Crippen LogP contribution in [-0.4, -0.2) is 21.6 Å². The van der Waals surface area contributed by atoms with Gasteiger partial charge in [-0.1, -0.05) is 84.4 Å². The Kier molecular flexibility index (Phi) is 8.55. The van der Waals surface area contributed by atoms with Crippen LogP contribution in [0.1, 0.15) is 52.5 Å². The van der Waals surface area contributed by atoms with E-state index in [0.29, 0.717) is 29.5 Å². The fourth-order valence-corrected chi connectivity index (χ4v) is 5.27. The molecule has 0 aliphatic carbocycles. The van der Waals surface area contributed by atoms with Crippen LogP contribution in [0.2, 0.25) is 0 Å². The molecular formula is C34H31BrN2O4. The van der Waals surface area contributed by atoms with Crippen LogP contribution in [0, 0.1) is 0 Å². The average Bonchev–Trinajstić information content (AvgIpc) is 3.24. The molecule has 0 aliphatic heterocycles. The van der Waals surface area contributed by atoms with Gasteiger partial charge in [0, 0.05) is 34.0 Å². The second kappa shape index (κ2) is 12.4. The van der Waals surface area contributed by atoms with Gasteiger partial charge in [0.1, 0.15) is 17.2 Å². The summed E-state index contributed by atoms with van der Waals surface area (Å²) in [6, 6.07) is 31.1. The van der Waals surface area contributed by atoms with E-state index in [4.69, 9.17) is 4.74 Å². The first-order chi connectivity index (χ1) is 19.8. The zero-order chi connectivity index (χ0) is 28.9. The molecule has 0 fully saturated rings. The summed E-state index contributed by atoms with van der Waals surface area (Å²) in [5.74, 6) is 0.545. The number of carboxylic acids is 1. The lowest BCUT2D eigenvalue weighted by molar-refractivity contribution is -0.136. The lowest BCUT2D eigenvalue weighted by Crippen LogP contribution is -2.27. The first kappa shape index (κ1) is 28.2. The van der Waals surface area contributed by atoms with Crippen molar-refractivity contribution in [1.82, 2.24) is 9.88 Å². The molecule has 7 heteroatoms. The maximum atomic E-state index is 13.8. The Morgan fingerprint density at radius 2 is 1.54 bits per heavy atom. The standard InChI is InChI=1S/C34H31BrN2O4/c1-22(2)25-12-8-24(9-13-25)21-37-31-17-14-26(35)18-29(31)30(19-32(38)39)33(37)34(40)36-20-23-10-15-28(16-11-23)41-27-6-4-3-5-7-27/h3-18,22H,19-21H2,1-2H3,(H,36,40)(H,38,39). The second-order valence-electron chi connectivity index (χ2n) is 10.3. The number of halogens is 1. The van der Waals surface area contributed by atoms with E-state index < -0.39 is 5.97 Å². The molecule has 4 aromatic carbocycles. The molecule has 2 N–H and O–H groups in total. The zero-order valence-electron chi connectivity index (χ0n) is 22.9. The van der Waals surface area contributed by atoms with E-state index in [1.807, 2.05) is 77.4 Å². The number of benzene rings is 4. The highest BCUT2D eigenvalue weighted by Crippen LogP contribution is 2.31. The van der Waals surface area contributed by atoms with E-state index in [9.17, 15) is 14.7 Å². The molecule has 6 nitrogen and oxygen atoms in total. The third-order valence-electron chi connectivity index (χ3n) is 7.02. The largest absolute Gasteiger partial charge is 0.481 e. The monoisotopic (exact) mass is 610 g/mol. The minimum Gasteiger partial charge on any atom is -0.481 e. The molecule has 1 heterocycles. The van der Waals surface area contributed by atoms with Gasteiger partial charge in [-0.15, -0.1) is 0 Å². The molecule has 0 saturated carbocycles. The van der Waals surface area contributed by atoms with Crippen molar-refractivity contribution >= 4 is 38.7 Å². The van der Waals surface area contributed by atoms with Crippen LogP contribution in [0.3, 0.4) is 0 Å². The van der Waals surface area contributed by atoms with Crippen LogP contribution >= 0.6 is 15.9 Å². The number of hydrogen-bond acceptors (Lipinski definition) is 3. The van der Waals surface area contributed by atoms with Crippen molar-refractivity contribution < 1.29 is 19.4 Å². The maximum absolute atomic E-state index is 13.8. The third kappa shape index (κ3) is 6.69. The van der Waals surface area contributed by atoms with E-state index >= 15 is 0 Å². The van der Waals surface area contributed by atoms with Gasteiger partial charge in [-0.05, 0) is 65.1 Å². The summed E-state index contributed by atoms with van der Waals surface area (Å²) in [7, 11) is 0. The number of rotatable bonds is 10. The van der Waals surface area contributed by atoms with Crippen LogP contribution in [0.25, 0.3) is 10.9 Å². The van der Waals surface area contributed by atoms with Crippen LogP contribution in [0.5, 0.6) is 11.5 Å². The number of ether oxygens (including phenoxy) is 1. The quantitative estimate of drug-likeness (QED) is 0.168. The molecule has 0 unspecified atom stereocenters. The highest BCUT2D eigenvalue weighted by molar-refractivity contribution is 9.10. The molecular weight excluding hydrogens is 580 g/mol. The third-order valence-corrected chi connectivity index (χ3v) is 7.51. The minimum absolute atomic E-state index is 0.263. The molecule has 0 aliphatic rings. The van der Waals surface area contributed by atoms with Gasteiger partial charge >= 0.3 is 5.97 Å². The van der Waals surface area contributed by atoms with Gasteiger partial charge in [0.2, 0.25) is 0 Å². The summed E-state index contributed by atoms with van der Waals surface area (Å²) in [5.41, 5.74) is 4.83. The van der Waals surface area contributed by atoms with Crippen molar-refractivity contribution in [2.45, 2.75) is 39.3 Å². The number of carboxylic acid groups (broad SMARTS) is 1. The van der Waals surface area contributed by atoms with E-state index in [0.717, 1.165) is 32.3 Å². The van der Waals surface area contributed by atoms with Gasteiger partial charge in [0.15, 0.2) is 0 Å². The molecule has 0 spiro atoms. The summed E-state index contributed by atoms with van der Waals surface area (Å²) in [6.07, 6.45) is -0.263. The number of aliphatic carboxylic acids is 1. The number of carbonyl (C=O) groups is 2. The molecule has 41 heavy (non-hydrogen) atoms. The van der Waals surface area contributed by atoms with Crippen LogP contribution in [-0.2, 0) is 24.3 Å². The van der Waals surface area contributed by atoms with Crippen molar-refractivity contribution in [3.8, 4) is 11.5 Å². The van der Waals surface area contributed by atoms with Crippen molar-refractivity contribution in [3.63, 3.8) is 0 Å². The van der Waals surface area contributed by atoms with E-state index in [-0.39, 0.29) is 18.9 Å². The first-order valence-corrected chi connectivity index (χ1v) is 14.3. The van der Waals surface area contributed by atoms with Gasteiger partial charge in [0.25, 0.3) is 5.91 Å². The van der Waals surface area contributed by atoms with Crippen LogP contribution < -0.4 is 10.1 Å². The number of nitrogens with zero attached hydrogens (tertiary/aromatic N) is 1. The Hall–Kier alpha value is -4.36. The first-order valence-electron chi connectivity index (χ1n) is 13.5. The van der Waals surface area contributed by atoms with Gasteiger partial charge in [-0.25, -0.2) is 0 Å². The predicted molar refractivity (Wildman–Crippen MR) is 165 cm³/mol. The summed E-state index contributed by atoms with van der Waals surface area (Å²) in [6.45, 7) is 5.02. The molecule has 1 amide bonds. The Bertz CT molecular complexity index is 1670. The number of para-hydroxylation sites is 1. The van der Waals surface area contributed by atoms with Gasteiger partial charge in [-0.2, -0.15) is 0 Å². The van der Waals surface area contributed by atoms with Gasteiger partial charge in [-0.3, -0.25) is 9.59 Å². The van der Waals surface area contributed by atoms with Crippen molar-refractivity contribution in [3.05, 3.63) is 129 Å². The molecule has 0 radical (unpaired) electrons. The molecule has 208 valence electrons. The lowest BCUT2D eigenvalue weighted by Gasteiger charge is -2.14. The molecule has 5 aromatic rings. The fraction of sp³-hybridized carbons (Fsp3) is 0.176. The Labute approximate surface area is 247 Å². The number of fused-ring (bicyclic) bond motifs is 1. The smallest absolute Gasteiger partial charge is 0.307 e. The van der Waals surface area contributed by atoms with Crippen molar-refractivity contribution in [2.24, 2.45) is 0 Å². The summed E-state index contributed by atoms with van der Waals surface area (Å²) >= 11 is 3.51. The van der Waals surface area contributed by atoms with Crippen LogP contribution in [0.15, 0.2) is 102 Å². The van der Waals surface area contributed by atoms with Gasteiger partial charge < -0.3 is 19.7 Å². The fourth-order valence-electron chi connectivity index (χ4n) is 4.91. The number of nitrogens with one attached hydrogen (secondary N) is 1. The molecule has 0 saturated heterocycles. The normalized spacial score (nSPS) is 11.1. The highest BCUT2D eigenvalue weighted by Gasteiger charge is 2.25. The SMILES string of the molecule is CC(C)c1ccc(Cn2c(C(=O)NCc3ccc(Oc4ccccc4)cc3)c(CC(=O)O)c3cc(Br)ccc32)cc1. The number of amides is 1. The second-order valence-corrected chi connectivity index (χ2v) is 11.2. The highest BCUT2D eigenvalue weighted by atomic mass is 79.9. The number of hydrogen-bond donors (Lipinski definition) is 2. The Morgan fingerprint density at radius 3 is 2.20 bits per heavy atom. The average molecular weight is 612 g/mol. The minimum atomic E-state index is -0.992. The summed E-state index contributed by atoms with van der Waals surface area (Å²) in [5, 5.41) is 13.5. The van der Waals surface area contributed by atoms with Crippen LogP contribution in [0.4, 0.5) is 0 Å². The van der Waals surface area contributed by atoms with Crippen molar-refractivity contribution in [1.29, 1.82) is 0 Å². The lowest BCUT2D eigenvalue weighted by atomic mass is 10.0. The van der Waals surface area contributed by atoms with Crippen molar-refractivity contribution in [2.75, 3.05) is 0 Å². The van der Waals surface area contributed by atoms with Gasteiger partial charge in [0.05, 0.1) is 6.42 Å². The predicted octanol–water partition coefficient (Wildman–Crippen LogP) is 7.92. The van der Waals surface area contributed by atoms with E-state index in [1.54, 1.807) is 0 Å². The molecule has 1 aromatic heterocycles. The Morgan fingerprint density at radius 1 is 0.878 bits per heavy atom. The summed E-state index contributed by atoms with van der Waals surface area (Å²) in [4.78, 5) is 25.7. The van der Waals surface area contributed by atoms with E-state index in [2.05, 4.69) is 59.4 Å². The maximum Gasteiger partial charge on any atom is 0.307 e. The molecule has 0 bridgehead atoms.